The van der Waals surface area contributed by atoms with Crippen LogP contribution in [0.2, 0.25) is 5.02 Å². The van der Waals surface area contributed by atoms with Crippen LogP contribution in [0.4, 0.5) is 0 Å². The first kappa shape index (κ1) is 16.0. The van der Waals surface area contributed by atoms with E-state index in [4.69, 9.17) is 11.6 Å². The highest BCUT2D eigenvalue weighted by molar-refractivity contribution is 6.30. The maximum absolute atomic E-state index is 5.89. The van der Waals surface area contributed by atoms with E-state index in [0.29, 0.717) is 0 Å². The highest BCUT2D eigenvalue weighted by Crippen LogP contribution is 2.12. The number of pyridine rings is 1. The zero-order valence-electron chi connectivity index (χ0n) is 12.8. The van der Waals surface area contributed by atoms with Crippen LogP contribution in [0.25, 0.3) is 0 Å². The van der Waals surface area contributed by atoms with E-state index in [1.165, 1.54) is 11.1 Å². The summed E-state index contributed by atoms with van der Waals surface area (Å²) in [6.45, 7) is 4.35. The quantitative estimate of drug-likeness (QED) is 0.768. The minimum atomic E-state index is 0.790. The minimum absolute atomic E-state index is 0.790. The number of hydrogen-bond donors (Lipinski definition) is 0. The lowest BCUT2D eigenvalue weighted by Crippen LogP contribution is -2.20. The van der Waals surface area contributed by atoms with Crippen LogP contribution in [0.15, 0.2) is 42.6 Å². The zero-order valence-corrected chi connectivity index (χ0v) is 13.6. The molecule has 1 aromatic heterocycles. The second-order valence-corrected chi connectivity index (χ2v) is 5.87. The fourth-order valence-corrected chi connectivity index (χ4v) is 2.28. The molecule has 0 spiro atoms. The van der Waals surface area contributed by atoms with E-state index in [1.54, 1.807) is 0 Å². The van der Waals surface area contributed by atoms with Crippen LogP contribution in [-0.2, 0) is 19.3 Å². The predicted molar refractivity (Wildman–Crippen MR) is 90.0 cm³/mol. The van der Waals surface area contributed by atoms with Crippen molar-refractivity contribution in [3.05, 3.63) is 64.4 Å². The second kappa shape index (κ2) is 8.16. The van der Waals surface area contributed by atoms with Crippen molar-refractivity contribution < 1.29 is 0 Å². The molecule has 1 aromatic carbocycles. The lowest BCUT2D eigenvalue weighted by Gasteiger charge is -2.13. The SMILES string of the molecule is CCN(C)CCc1ccc(CCc2ccc(Cl)cc2)nc1. The van der Waals surface area contributed by atoms with Crippen LogP contribution in [0.5, 0.6) is 0 Å². The van der Waals surface area contributed by atoms with E-state index in [2.05, 4.69) is 48.1 Å². The van der Waals surface area contributed by atoms with E-state index in [0.717, 1.165) is 43.1 Å². The van der Waals surface area contributed by atoms with Gasteiger partial charge < -0.3 is 4.90 Å². The third-order valence-corrected chi connectivity index (χ3v) is 4.04. The number of nitrogens with zero attached hydrogens (tertiary/aromatic N) is 2. The summed E-state index contributed by atoms with van der Waals surface area (Å²) in [6.07, 6.45) is 5.05. The van der Waals surface area contributed by atoms with Gasteiger partial charge in [-0.2, -0.15) is 0 Å². The van der Waals surface area contributed by atoms with Crippen LogP contribution in [0, 0.1) is 0 Å². The number of aromatic nitrogens is 1. The topological polar surface area (TPSA) is 16.1 Å². The first-order valence-corrected chi connectivity index (χ1v) is 7.92. The number of halogens is 1. The summed E-state index contributed by atoms with van der Waals surface area (Å²) in [5.74, 6) is 0. The van der Waals surface area contributed by atoms with Crippen molar-refractivity contribution in [2.24, 2.45) is 0 Å². The van der Waals surface area contributed by atoms with Gasteiger partial charge in [0.2, 0.25) is 0 Å². The van der Waals surface area contributed by atoms with Gasteiger partial charge in [0.25, 0.3) is 0 Å². The molecule has 0 saturated carbocycles. The molecule has 2 nitrogen and oxygen atoms in total. The van der Waals surface area contributed by atoms with Crippen LogP contribution in [0.3, 0.4) is 0 Å². The summed E-state index contributed by atoms with van der Waals surface area (Å²) in [4.78, 5) is 6.88. The summed E-state index contributed by atoms with van der Waals surface area (Å²) >= 11 is 5.89. The molecule has 0 amide bonds. The molecule has 0 fully saturated rings. The third-order valence-electron chi connectivity index (χ3n) is 3.79. The van der Waals surface area contributed by atoms with Gasteiger partial charge in [0.15, 0.2) is 0 Å². The van der Waals surface area contributed by atoms with Crippen molar-refractivity contribution in [1.82, 2.24) is 9.88 Å². The smallest absolute Gasteiger partial charge is 0.0407 e. The van der Waals surface area contributed by atoms with Gasteiger partial charge in [0, 0.05) is 23.5 Å². The minimum Gasteiger partial charge on any atom is -0.306 e. The predicted octanol–water partition coefficient (Wildman–Crippen LogP) is 4.01. The maximum atomic E-state index is 5.89. The van der Waals surface area contributed by atoms with E-state index >= 15 is 0 Å². The van der Waals surface area contributed by atoms with E-state index < -0.39 is 0 Å². The molecule has 0 N–H and O–H groups in total. The Morgan fingerprint density at radius 2 is 1.67 bits per heavy atom. The zero-order chi connectivity index (χ0) is 15.1. The maximum Gasteiger partial charge on any atom is 0.0407 e. The normalized spacial score (nSPS) is 11.0. The number of benzene rings is 1. The molecule has 0 aliphatic carbocycles. The molecule has 3 heteroatoms. The standard InChI is InChI=1S/C18H23ClN2/c1-3-21(2)13-12-16-7-11-18(20-14-16)10-6-15-4-8-17(19)9-5-15/h4-5,7-9,11,14H,3,6,10,12-13H2,1-2H3. The molecule has 112 valence electrons. The van der Waals surface area contributed by atoms with Crippen LogP contribution in [-0.4, -0.2) is 30.0 Å². The van der Waals surface area contributed by atoms with Crippen molar-refractivity contribution in [1.29, 1.82) is 0 Å². The Morgan fingerprint density at radius 1 is 0.952 bits per heavy atom. The Morgan fingerprint density at radius 3 is 2.29 bits per heavy atom. The van der Waals surface area contributed by atoms with Crippen molar-refractivity contribution in [2.45, 2.75) is 26.2 Å². The van der Waals surface area contributed by atoms with Gasteiger partial charge >= 0.3 is 0 Å². The van der Waals surface area contributed by atoms with Crippen molar-refractivity contribution in [2.75, 3.05) is 20.1 Å². The molecule has 0 atom stereocenters. The first-order valence-electron chi connectivity index (χ1n) is 7.54. The fourth-order valence-electron chi connectivity index (χ4n) is 2.15. The van der Waals surface area contributed by atoms with E-state index in [-0.39, 0.29) is 0 Å². The van der Waals surface area contributed by atoms with Gasteiger partial charge in [-0.1, -0.05) is 36.7 Å². The van der Waals surface area contributed by atoms with Crippen molar-refractivity contribution in [3.63, 3.8) is 0 Å². The van der Waals surface area contributed by atoms with Crippen molar-refractivity contribution in [3.8, 4) is 0 Å². The molecular formula is C18H23ClN2. The van der Waals surface area contributed by atoms with Gasteiger partial charge in [-0.05, 0) is 62.2 Å². The second-order valence-electron chi connectivity index (χ2n) is 5.43. The molecule has 2 rings (SSSR count). The van der Waals surface area contributed by atoms with E-state index in [9.17, 15) is 0 Å². The first-order chi connectivity index (χ1) is 10.2. The van der Waals surface area contributed by atoms with Crippen molar-refractivity contribution >= 4 is 11.6 Å². The van der Waals surface area contributed by atoms with E-state index in [1.807, 2.05) is 18.3 Å². The highest BCUT2D eigenvalue weighted by Gasteiger charge is 2.00. The van der Waals surface area contributed by atoms with Gasteiger partial charge in [0.05, 0.1) is 0 Å². The summed E-state index contributed by atoms with van der Waals surface area (Å²) in [5.41, 5.74) is 3.76. The Hall–Kier alpha value is -1.38. The number of aryl methyl sites for hydroxylation is 2. The average Bonchev–Trinajstić information content (AvgIpc) is 2.53. The summed E-state index contributed by atoms with van der Waals surface area (Å²) < 4.78 is 0. The average molecular weight is 303 g/mol. The molecule has 0 unspecified atom stereocenters. The Labute approximate surface area is 132 Å². The Balaban J connectivity index is 1.83. The number of rotatable bonds is 7. The third kappa shape index (κ3) is 5.49. The largest absolute Gasteiger partial charge is 0.306 e. The molecule has 0 aliphatic rings. The monoisotopic (exact) mass is 302 g/mol. The molecule has 0 radical (unpaired) electrons. The van der Waals surface area contributed by atoms with Gasteiger partial charge in [-0.15, -0.1) is 0 Å². The number of likely N-dealkylation sites (N-methyl/N-ethyl adjacent to an activating group) is 1. The van der Waals surface area contributed by atoms with Crippen LogP contribution >= 0.6 is 11.6 Å². The molecule has 1 heterocycles. The van der Waals surface area contributed by atoms with Crippen LogP contribution < -0.4 is 0 Å². The molecule has 21 heavy (non-hydrogen) atoms. The summed E-state index contributed by atoms with van der Waals surface area (Å²) in [6, 6.07) is 12.4. The Kier molecular flexibility index (Phi) is 6.21. The summed E-state index contributed by atoms with van der Waals surface area (Å²) in [7, 11) is 2.15. The van der Waals surface area contributed by atoms with Crippen LogP contribution in [0.1, 0.15) is 23.7 Å². The summed E-state index contributed by atoms with van der Waals surface area (Å²) in [5, 5.41) is 0.790. The Bertz CT molecular complexity index is 534. The highest BCUT2D eigenvalue weighted by atomic mass is 35.5. The van der Waals surface area contributed by atoms with Gasteiger partial charge in [-0.25, -0.2) is 0 Å². The number of hydrogen-bond acceptors (Lipinski definition) is 2. The van der Waals surface area contributed by atoms with Gasteiger partial charge in [-0.3, -0.25) is 4.98 Å². The lowest BCUT2D eigenvalue weighted by molar-refractivity contribution is 0.357. The fraction of sp³-hybridized carbons (Fsp3) is 0.389. The lowest BCUT2D eigenvalue weighted by atomic mass is 10.1. The molecular weight excluding hydrogens is 280 g/mol. The van der Waals surface area contributed by atoms with Gasteiger partial charge in [0.1, 0.15) is 0 Å². The molecule has 0 aliphatic heterocycles. The molecule has 0 saturated heterocycles. The molecule has 2 aromatic rings. The molecule has 0 bridgehead atoms.